The molecule has 0 aliphatic carbocycles. The Balaban J connectivity index is 1.66. The number of hydrogen-bond acceptors (Lipinski definition) is 14. The summed E-state index contributed by atoms with van der Waals surface area (Å²) < 4.78 is 34.5. The van der Waals surface area contributed by atoms with Gasteiger partial charge in [0.15, 0.2) is 12.6 Å². The van der Waals surface area contributed by atoms with Gasteiger partial charge in [-0.2, -0.15) is 0 Å². The summed E-state index contributed by atoms with van der Waals surface area (Å²) in [5, 5.41) is 72.4. The van der Waals surface area contributed by atoms with Crippen molar-refractivity contribution in [2.75, 3.05) is 33.0 Å². The second-order valence-corrected chi connectivity index (χ2v) is 22.2. The quantitative estimate of drug-likeness (QED) is 0.0172. The number of carbonyl (C=O) groups is 1. The number of aliphatic hydroxyl groups excluding tert-OH is 7. The Labute approximate surface area is 462 Å². The molecule has 14 nitrogen and oxygen atoms in total. The van der Waals surface area contributed by atoms with E-state index in [9.17, 15) is 40.5 Å². The van der Waals surface area contributed by atoms with Crippen LogP contribution in [0.1, 0.15) is 264 Å². The first-order chi connectivity index (χ1) is 37.1. The van der Waals surface area contributed by atoms with Crippen molar-refractivity contribution in [3.63, 3.8) is 0 Å². The fraction of sp³-hybridized carbons (Fsp3) is 0.919. The fourth-order valence-corrected chi connectivity index (χ4v) is 10.1. The fourth-order valence-electron chi connectivity index (χ4n) is 10.1. The maximum absolute atomic E-state index is 13.1. The molecule has 0 aromatic carbocycles. The molecule has 0 saturated carbocycles. The van der Waals surface area contributed by atoms with E-state index in [2.05, 4.69) is 38.2 Å². The van der Waals surface area contributed by atoms with E-state index in [1.165, 1.54) is 193 Å². The Hall–Kier alpha value is -1.53. The molecule has 0 aromatic heterocycles. The predicted octanol–water partition coefficient (Wildman–Crippen LogP) is 11.9. The molecule has 11 unspecified atom stereocenters. The van der Waals surface area contributed by atoms with Crippen LogP contribution in [-0.2, 0) is 33.2 Å². The van der Waals surface area contributed by atoms with Gasteiger partial charge in [0.25, 0.3) is 0 Å². The van der Waals surface area contributed by atoms with E-state index in [1.54, 1.807) is 0 Å². The zero-order chi connectivity index (χ0) is 55.1. The highest BCUT2D eigenvalue weighted by atomic mass is 16.7. The van der Waals surface area contributed by atoms with Crippen molar-refractivity contribution < 1.29 is 69.0 Å². The number of aliphatic hydroxyl groups is 7. The van der Waals surface area contributed by atoms with Crippen LogP contribution in [0.3, 0.4) is 0 Å². The van der Waals surface area contributed by atoms with Crippen molar-refractivity contribution in [3.8, 4) is 0 Å². The minimum Gasteiger partial charge on any atom is -0.457 e. The summed E-state index contributed by atoms with van der Waals surface area (Å²) in [5.41, 5.74) is 0. The van der Waals surface area contributed by atoms with Crippen LogP contribution in [0, 0.1) is 0 Å². The van der Waals surface area contributed by atoms with Crippen molar-refractivity contribution in [3.05, 3.63) is 24.3 Å². The van der Waals surface area contributed by atoms with Gasteiger partial charge in [0.1, 0.15) is 54.9 Å². The molecule has 11 atom stereocenters. The van der Waals surface area contributed by atoms with E-state index in [-0.39, 0.29) is 25.6 Å². The van der Waals surface area contributed by atoms with Crippen LogP contribution in [0.25, 0.3) is 0 Å². The van der Waals surface area contributed by atoms with Crippen molar-refractivity contribution in [2.45, 2.75) is 332 Å². The molecular weight excluding hydrogens is 969 g/mol. The summed E-state index contributed by atoms with van der Waals surface area (Å²) in [6.07, 6.45) is 41.0. The third kappa shape index (κ3) is 35.3. The third-order valence-electron chi connectivity index (χ3n) is 15.2. The Morgan fingerprint density at radius 1 is 0.434 bits per heavy atom. The molecular formula is C62H116O14. The normalized spacial score (nSPS) is 24.5. The summed E-state index contributed by atoms with van der Waals surface area (Å²) in [4.78, 5) is 13.1. The average Bonchev–Trinajstić information content (AvgIpc) is 3.42. The molecule has 14 heteroatoms. The van der Waals surface area contributed by atoms with Crippen LogP contribution in [0.4, 0.5) is 0 Å². The standard InChI is InChI=1S/C62H116O14/c1-3-5-7-9-11-13-15-17-19-21-22-23-24-25-26-27-28-29-30-32-34-36-38-40-42-44-46-71-48-51(74-54(64)45-43-41-39-37-35-33-31-20-18-16-14-12-10-8-6-4-2)49-72-61-60(70)58(68)56(66)53(76-61)50-73-62-59(69)57(67)55(65)52(47-63)75-62/h15,17,21-22,51-53,55-63,65-70H,3-14,16,18-20,23-50H2,1-2H3/b17-15-,22-21-. The lowest BCUT2D eigenvalue weighted by atomic mass is 9.98. The second-order valence-electron chi connectivity index (χ2n) is 22.2. The molecule has 2 heterocycles. The van der Waals surface area contributed by atoms with Gasteiger partial charge >= 0.3 is 5.97 Å². The van der Waals surface area contributed by atoms with Gasteiger partial charge in [0, 0.05) is 13.0 Å². The van der Waals surface area contributed by atoms with E-state index < -0.39 is 80.7 Å². The minimum absolute atomic E-state index is 0.0666. The van der Waals surface area contributed by atoms with Gasteiger partial charge in [0.2, 0.25) is 0 Å². The van der Waals surface area contributed by atoms with E-state index in [0.29, 0.717) is 13.0 Å². The first kappa shape index (κ1) is 70.6. The van der Waals surface area contributed by atoms with Crippen molar-refractivity contribution in [1.29, 1.82) is 0 Å². The molecule has 0 spiro atoms. The highest BCUT2D eigenvalue weighted by molar-refractivity contribution is 5.69. The molecule has 0 radical (unpaired) electrons. The Kier molecular flexibility index (Phi) is 45.8. The number of esters is 1. The second kappa shape index (κ2) is 49.3. The number of unbranched alkanes of at least 4 members (excludes halogenated alkanes) is 34. The smallest absolute Gasteiger partial charge is 0.306 e. The Morgan fingerprint density at radius 3 is 1.26 bits per heavy atom. The lowest BCUT2D eigenvalue weighted by Crippen LogP contribution is -2.61. The molecule has 2 aliphatic rings. The van der Waals surface area contributed by atoms with E-state index in [4.69, 9.17) is 28.4 Å². The zero-order valence-electron chi connectivity index (χ0n) is 48.3. The van der Waals surface area contributed by atoms with Gasteiger partial charge in [-0.3, -0.25) is 4.79 Å². The molecule has 2 aliphatic heterocycles. The predicted molar refractivity (Wildman–Crippen MR) is 303 cm³/mol. The molecule has 0 amide bonds. The first-order valence-corrected chi connectivity index (χ1v) is 31.4. The van der Waals surface area contributed by atoms with Gasteiger partial charge in [-0.15, -0.1) is 0 Å². The summed E-state index contributed by atoms with van der Waals surface area (Å²) in [7, 11) is 0. The van der Waals surface area contributed by atoms with Crippen molar-refractivity contribution in [1.82, 2.24) is 0 Å². The Bertz CT molecular complexity index is 1350. The lowest BCUT2D eigenvalue weighted by molar-refractivity contribution is -0.332. The molecule has 0 bridgehead atoms. The van der Waals surface area contributed by atoms with Crippen molar-refractivity contribution in [2.24, 2.45) is 0 Å². The SMILES string of the molecule is CCCCCCC/C=C\C/C=C\CCCCCCCCCCCCCCCCOCC(COC1OC(COC2OC(CO)C(O)C(O)C2O)C(O)C(O)C1O)OC(=O)CCCCCCCCCCCCCCCCCC. The topological polar surface area (TPSA) is 214 Å². The molecule has 448 valence electrons. The van der Waals surface area contributed by atoms with Crippen LogP contribution >= 0.6 is 0 Å². The summed E-state index contributed by atoms with van der Waals surface area (Å²) >= 11 is 0. The summed E-state index contributed by atoms with van der Waals surface area (Å²) in [6, 6.07) is 0. The third-order valence-corrected chi connectivity index (χ3v) is 15.2. The van der Waals surface area contributed by atoms with Gasteiger partial charge in [0.05, 0.1) is 26.4 Å². The summed E-state index contributed by atoms with van der Waals surface area (Å²) in [5.74, 6) is -0.370. The maximum atomic E-state index is 13.1. The number of allylic oxidation sites excluding steroid dienone is 4. The van der Waals surface area contributed by atoms with Gasteiger partial charge in [-0.1, -0.05) is 237 Å². The number of carbonyl (C=O) groups excluding carboxylic acids is 1. The van der Waals surface area contributed by atoms with Crippen LogP contribution in [0.15, 0.2) is 24.3 Å². The van der Waals surface area contributed by atoms with Gasteiger partial charge in [-0.05, 0) is 44.9 Å². The zero-order valence-corrected chi connectivity index (χ0v) is 48.3. The number of rotatable bonds is 52. The molecule has 2 rings (SSSR count). The number of ether oxygens (including phenoxy) is 6. The van der Waals surface area contributed by atoms with Crippen LogP contribution < -0.4 is 0 Å². The minimum atomic E-state index is -1.70. The highest BCUT2D eigenvalue weighted by Gasteiger charge is 2.47. The molecule has 2 saturated heterocycles. The van der Waals surface area contributed by atoms with Crippen LogP contribution in [-0.4, -0.2) is 142 Å². The maximum Gasteiger partial charge on any atom is 0.306 e. The molecule has 76 heavy (non-hydrogen) atoms. The van der Waals surface area contributed by atoms with E-state index in [1.807, 2.05) is 0 Å². The monoisotopic (exact) mass is 1080 g/mol. The Morgan fingerprint density at radius 2 is 0.816 bits per heavy atom. The molecule has 2 fully saturated rings. The highest BCUT2D eigenvalue weighted by Crippen LogP contribution is 2.27. The largest absolute Gasteiger partial charge is 0.457 e. The van der Waals surface area contributed by atoms with Gasteiger partial charge in [-0.25, -0.2) is 0 Å². The van der Waals surface area contributed by atoms with E-state index in [0.717, 1.165) is 44.9 Å². The van der Waals surface area contributed by atoms with Crippen LogP contribution in [0.5, 0.6) is 0 Å². The first-order valence-electron chi connectivity index (χ1n) is 31.4. The average molecular weight is 1090 g/mol. The molecule has 0 aromatic rings. The molecule has 7 N–H and O–H groups in total. The van der Waals surface area contributed by atoms with Crippen molar-refractivity contribution >= 4 is 5.97 Å². The lowest BCUT2D eigenvalue weighted by Gasteiger charge is -2.42. The van der Waals surface area contributed by atoms with Gasteiger partial charge < -0.3 is 64.2 Å². The van der Waals surface area contributed by atoms with Crippen LogP contribution in [0.2, 0.25) is 0 Å². The summed E-state index contributed by atoms with van der Waals surface area (Å²) in [6.45, 7) is 3.73. The van der Waals surface area contributed by atoms with E-state index >= 15 is 0 Å². The number of hydrogen-bond donors (Lipinski definition) is 7.